The molecule has 0 radical (unpaired) electrons. The maximum absolute atomic E-state index is 4.27. The molecule has 0 aliphatic carbocycles. The average Bonchev–Trinajstić information content (AvgIpc) is 2.05. The molecule has 0 unspecified atom stereocenters. The summed E-state index contributed by atoms with van der Waals surface area (Å²) in [6, 6.07) is 5.81. The largest absolute Gasteiger partial charge is 0.249 e. The Morgan fingerprint density at radius 1 is 1.55 bits per heavy atom. The molecule has 0 N–H and O–H groups in total. The average molecular weight is 145 g/mol. The summed E-state index contributed by atoms with van der Waals surface area (Å²) >= 11 is 0. The predicted molar refractivity (Wildman–Crippen MR) is 49.0 cm³/mol. The van der Waals surface area contributed by atoms with Crippen molar-refractivity contribution < 1.29 is 0 Å². The summed E-state index contributed by atoms with van der Waals surface area (Å²) in [5.74, 6) is 0. The molecule has 0 aromatic carbocycles. The van der Waals surface area contributed by atoms with Gasteiger partial charge in [-0.2, -0.15) is 0 Å². The number of allylic oxidation sites excluding steroid dienone is 1. The van der Waals surface area contributed by atoms with E-state index >= 15 is 0 Å². The molecule has 1 rings (SSSR count). The highest BCUT2D eigenvalue weighted by atomic mass is 14.7. The number of hydrogen-bond donors (Lipinski definition) is 0. The lowest BCUT2D eigenvalue weighted by molar-refractivity contribution is 1.24. The van der Waals surface area contributed by atoms with Gasteiger partial charge in [0.15, 0.2) is 0 Å². The molecule has 0 saturated carbocycles. The van der Waals surface area contributed by atoms with Crippen LogP contribution in [-0.4, -0.2) is 4.98 Å². The Balaban J connectivity index is 3.10. The van der Waals surface area contributed by atoms with Crippen LogP contribution in [0.3, 0.4) is 0 Å². The third-order valence-corrected chi connectivity index (χ3v) is 1.42. The lowest BCUT2D eigenvalue weighted by atomic mass is 10.2. The van der Waals surface area contributed by atoms with E-state index in [9.17, 15) is 0 Å². The minimum atomic E-state index is 0.894. The van der Waals surface area contributed by atoms with Gasteiger partial charge in [-0.15, -0.1) is 0 Å². The Labute approximate surface area is 67.1 Å². The predicted octanol–water partition coefficient (Wildman–Crippen LogP) is 2.76. The third-order valence-electron chi connectivity index (χ3n) is 1.42. The zero-order valence-corrected chi connectivity index (χ0v) is 6.67. The lowest BCUT2D eigenvalue weighted by Crippen LogP contribution is -1.86. The summed E-state index contributed by atoms with van der Waals surface area (Å²) in [6.45, 7) is 9.38. The lowest BCUT2D eigenvalue weighted by Gasteiger charge is -1.98. The summed E-state index contributed by atoms with van der Waals surface area (Å²) in [6.07, 6.45) is 1.73. The van der Waals surface area contributed by atoms with Gasteiger partial charge < -0.3 is 0 Å². The second kappa shape index (κ2) is 3.15. The van der Waals surface area contributed by atoms with Gasteiger partial charge >= 0.3 is 0 Å². The first-order valence-electron chi connectivity index (χ1n) is 3.49. The molecule has 0 amide bonds. The van der Waals surface area contributed by atoms with E-state index in [4.69, 9.17) is 0 Å². The fourth-order valence-corrected chi connectivity index (χ4v) is 0.803. The second-order valence-corrected chi connectivity index (χ2v) is 2.43. The molecule has 11 heavy (non-hydrogen) atoms. The van der Waals surface area contributed by atoms with E-state index in [-0.39, 0.29) is 0 Å². The van der Waals surface area contributed by atoms with E-state index in [2.05, 4.69) is 18.1 Å². The molecule has 1 aromatic rings. The van der Waals surface area contributed by atoms with Crippen LogP contribution in [0.1, 0.15) is 18.3 Å². The molecule has 0 aliphatic rings. The first-order chi connectivity index (χ1) is 5.24. The van der Waals surface area contributed by atoms with Crippen molar-refractivity contribution in [2.75, 3.05) is 0 Å². The minimum Gasteiger partial charge on any atom is -0.249 e. The summed E-state index contributed by atoms with van der Waals surface area (Å²) in [5, 5.41) is 0. The van der Waals surface area contributed by atoms with E-state index in [1.807, 2.05) is 25.1 Å². The second-order valence-electron chi connectivity index (χ2n) is 2.43. The van der Waals surface area contributed by atoms with Crippen LogP contribution in [0.2, 0.25) is 0 Å². The third kappa shape index (κ3) is 1.77. The Morgan fingerprint density at radius 2 is 2.27 bits per heavy atom. The van der Waals surface area contributed by atoms with E-state index in [1.165, 1.54) is 0 Å². The van der Waals surface area contributed by atoms with Gasteiger partial charge in [0, 0.05) is 0 Å². The van der Waals surface area contributed by atoms with Crippen LogP contribution >= 0.6 is 0 Å². The van der Waals surface area contributed by atoms with Crippen molar-refractivity contribution in [3.05, 3.63) is 42.7 Å². The normalized spacial score (nSPS) is 9.18. The van der Waals surface area contributed by atoms with Crippen LogP contribution < -0.4 is 0 Å². The summed E-state index contributed by atoms with van der Waals surface area (Å²) in [4.78, 5) is 4.27. The monoisotopic (exact) mass is 145 g/mol. The molecule has 1 aromatic heterocycles. The van der Waals surface area contributed by atoms with Crippen LogP contribution in [0.5, 0.6) is 0 Å². The molecule has 0 fully saturated rings. The highest BCUT2D eigenvalue weighted by molar-refractivity contribution is 5.59. The molecule has 0 aliphatic heterocycles. The fourth-order valence-electron chi connectivity index (χ4n) is 0.803. The molecule has 0 spiro atoms. The Bertz CT molecular complexity index is 287. The van der Waals surface area contributed by atoms with Gasteiger partial charge in [-0.3, -0.25) is 0 Å². The highest BCUT2D eigenvalue weighted by Crippen LogP contribution is 2.08. The van der Waals surface area contributed by atoms with Gasteiger partial charge in [0.05, 0.1) is 11.4 Å². The maximum atomic E-state index is 4.27. The van der Waals surface area contributed by atoms with E-state index in [1.54, 1.807) is 6.08 Å². The Hall–Kier alpha value is -1.37. The smallest absolute Gasteiger partial charge is 0.0660 e. The first kappa shape index (κ1) is 7.73. The van der Waals surface area contributed by atoms with Crippen molar-refractivity contribution in [1.82, 2.24) is 4.98 Å². The topological polar surface area (TPSA) is 12.9 Å². The molecule has 0 saturated heterocycles. The molecule has 1 heterocycles. The standard InChI is InChI=1S/C10H11N/c1-4-9-6-5-7-10(11-9)8(2)3/h4-7H,1-2H2,3H3. The van der Waals surface area contributed by atoms with Crippen molar-refractivity contribution in [1.29, 1.82) is 0 Å². The van der Waals surface area contributed by atoms with Crippen molar-refractivity contribution >= 4 is 11.6 Å². The molecule has 0 atom stereocenters. The highest BCUT2D eigenvalue weighted by Gasteiger charge is 1.93. The number of rotatable bonds is 2. The van der Waals surface area contributed by atoms with Crippen LogP contribution in [-0.2, 0) is 0 Å². The Morgan fingerprint density at radius 3 is 2.82 bits per heavy atom. The first-order valence-corrected chi connectivity index (χ1v) is 3.49. The SMILES string of the molecule is C=Cc1cccc(C(=C)C)n1. The summed E-state index contributed by atoms with van der Waals surface area (Å²) in [7, 11) is 0. The number of hydrogen-bond acceptors (Lipinski definition) is 1. The molecule has 1 heteroatoms. The van der Waals surface area contributed by atoms with E-state index < -0.39 is 0 Å². The molecular weight excluding hydrogens is 134 g/mol. The van der Waals surface area contributed by atoms with E-state index in [0.29, 0.717) is 0 Å². The quantitative estimate of drug-likeness (QED) is 0.623. The molecule has 0 bridgehead atoms. The van der Waals surface area contributed by atoms with Crippen molar-refractivity contribution in [2.24, 2.45) is 0 Å². The number of pyridine rings is 1. The summed E-state index contributed by atoms with van der Waals surface area (Å²) in [5.41, 5.74) is 2.81. The fraction of sp³-hybridized carbons (Fsp3) is 0.100. The molecule has 56 valence electrons. The van der Waals surface area contributed by atoms with Crippen molar-refractivity contribution in [3.63, 3.8) is 0 Å². The van der Waals surface area contributed by atoms with Gasteiger partial charge in [-0.1, -0.05) is 19.2 Å². The van der Waals surface area contributed by atoms with Crippen LogP contribution in [0.25, 0.3) is 11.6 Å². The van der Waals surface area contributed by atoms with Gasteiger partial charge in [0.25, 0.3) is 0 Å². The Kier molecular flexibility index (Phi) is 2.21. The minimum absolute atomic E-state index is 0.894. The molecular formula is C10H11N. The number of nitrogens with zero attached hydrogens (tertiary/aromatic N) is 1. The van der Waals surface area contributed by atoms with Crippen LogP contribution in [0, 0.1) is 0 Å². The van der Waals surface area contributed by atoms with Gasteiger partial charge in [0.1, 0.15) is 0 Å². The van der Waals surface area contributed by atoms with Crippen molar-refractivity contribution in [2.45, 2.75) is 6.92 Å². The van der Waals surface area contributed by atoms with Crippen LogP contribution in [0.4, 0.5) is 0 Å². The van der Waals surface area contributed by atoms with Gasteiger partial charge in [-0.25, -0.2) is 4.98 Å². The zero-order chi connectivity index (χ0) is 8.27. The van der Waals surface area contributed by atoms with Crippen LogP contribution in [0.15, 0.2) is 31.4 Å². The zero-order valence-electron chi connectivity index (χ0n) is 6.67. The van der Waals surface area contributed by atoms with E-state index in [0.717, 1.165) is 17.0 Å². The summed E-state index contributed by atoms with van der Waals surface area (Å²) < 4.78 is 0. The van der Waals surface area contributed by atoms with Gasteiger partial charge in [0.2, 0.25) is 0 Å². The molecule has 1 nitrogen and oxygen atoms in total. The van der Waals surface area contributed by atoms with Gasteiger partial charge in [-0.05, 0) is 30.7 Å². The number of aromatic nitrogens is 1. The van der Waals surface area contributed by atoms with Crippen molar-refractivity contribution in [3.8, 4) is 0 Å². The maximum Gasteiger partial charge on any atom is 0.0660 e.